The van der Waals surface area contributed by atoms with Crippen molar-refractivity contribution >= 4 is 44.8 Å². The third-order valence-corrected chi connectivity index (χ3v) is 6.02. The van der Waals surface area contributed by atoms with Gasteiger partial charge in [0, 0.05) is 10.4 Å². The fourth-order valence-electron chi connectivity index (χ4n) is 4.04. The van der Waals surface area contributed by atoms with Crippen molar-refractivity contribution in [3.8, 4) is 0 Å². The second-order valence-corrected chi connectivity index (χ2v) is 11.5. The van der Waals surface area contributed by atoms with Crippen molar-refractivity contribution in [3.05, 3.63) is 112 Å². The number of nitrogens with zero attached hydrogens (tertiary/aromatic N) is 1. The molecule has 8 heteroatoms. The minimum Gasteiger partial charge on any atom is -0.388 e. The molecule has 1 atom stereocenters. The molecule has 0 saturated heterocycles. The number of aryl methyl sites for hydroxylation is 1. The first-order valence-corrected chi connectivity index (χ1v) is 14.3. The lowest BCUT2D eigenvalue weighted by Gasteiger charge is -2.22. The van der Waals surface area contributed by atoms with Crippen LogP contribution in [0.2, 0.25) is 5.02 Å². The summed E-state index contributed by atoms with van der Waals surface area (Å²) in [6.45, 7) is 3.58. The standard InChI is InChI=1S/C29H28ClNO2.CH4O3S/c1-29(2,33)26-9-4-3-7-21(26)13-17-28(32)23-8-5-6-20(18-23)10-15-25-16-12-22-11-14-24(30)19-27(22)31-25;1-5(2,3)4/h3-12,14-16,18-19,28,32-33H,13,17H2,1-2H3;1H3,(H,2,3,4). The van der Waals surface area contributed by atoms with Gasteiger partial charge in [-0.25, -0.2) is 4.98 Å². The molecule has 0 amide bonds. The van der Waals surface area contributed by atoms with Crippen LogP contribution in [0.25, 0.3) is 23.1 Å². The lowest BCUT2D eigenvalue weighted by Crippen LogP contribution is -2.18. The van der Waals surface area contributed by atoms with Gasteiger partial charge < -0.3 is 10.2 Å². The Balaban J connectivity index is 0.000000732. The molecule has 1 heterocycles. The molecule has 4 rings (SSSR count). The van der Waals surface area contributed by atoms with E-state index in [2.05, 4.69) is 4.98 Å². The van der Waals surface area contributed by atoms with Crippen LogP contribution in [-0.2, 0) is 22.1 Å². The van der Waals surface area contributed by atoms with Gasteiger partial charge in [0.2, 0.25) is 0 Å². The molecule has 38 heavy (non-hydrogen) atoms. The molecule has 0 radical (unpaired) electrons. The van der Waals surface area contributed by atoms with Gasteiger partial charge in [-0.05, 0) is 79.3 Å². The van der Waals surface area contributed by atoms with Crippen LogP contribution in [0.1, 0.15) is 54.3 Å². The Morgan fingerprint density at radius 2 is 1.66 bits per heavy atom. The summed E-state index contributed by atoms with van der Waals surface area (Å²) in [7, 11) is -3.67. The number of hydrogen-bond acceptors (Lipinski definition) is 5. The van der Waals surface area contributed by atoms with Crippen molar-refractivity contribution in [2.45, 2.75) is 38.4 Å². The molecule has 0 aliphatic carbocycles. The monoisotopic (exact) mass is 553 g/mol. The van der Waals surface area contributed by atoms with Gasteiger partial charge in [-0.3, -0.25) is 4.55 Å². The second kappa shape index (κ2) is 12.7. The topological polar surface area (TPSA) is 108 Å². The quantitative estimate of drug-likeness (QED) is 0.227. The molecule has 1 aromatic heterocycles. The average Bonchev–Trinajstić information content (AvgIpc) is 2.84. The fourth-order valence-corrected chi connectivity index (χ4v) is 4.21. The van der Waals surface area contributed by atoms with E-state index in [-0.39, 0.29) is 0 Å². The Bertz CT molecular complexity index is 1520. The lowest BCUT2D eigenvalue weighted by molar-refractivity contribution is 0.0772. The van der Waals surface area contributed by atoms with E-state index in [1.807, 2.05) is 91.0 Å². The summed E-state index contributed by atoms with van der Waals surface area (Å²) in [5, 5.41) is 23.0. The molecule has 0 bridgehead atoms. The molecule has 6 nitrogen and oxygen atoms in total. The highest BCUT2D eigenvalue weighted by Crippen LogP contribution is 2.27. The summed E-state index contributed by atoms with van der Waals surface area (Å²) >= 11 is 6.09. The molecule has 1 unspecified atom stereocenters. The van der Waals surface area contributed by atoms with Crippen LogP contribution in [0, 0.1) is 0 Å². The largest absolute Gasteiger partial charge is 0.388 e. The van der Waals surface area contributed by atoms with E-state index in [0.717, 1.165) is 38.9 Å². The van der Waals surface area contributed by atoms with Crippen molar-refractivity contribution in [2.24, 2.45) is 0 Å². The van der Waals surface area contributed by atoms with Gasteiger partial charge in [-0.1, -0.05) is 72.3 Å². The zero-order chi connectivity index (χ0) is 27.9. The molecule has 3 aromatic carbocycles. The summed E-state index contributed by atoms with van der Waals surface area (Å²) in [5.74, 6) is 0. The van der Waals surface area contributed by atoms with E-state index in [0.29, 0.717) is 24.1 Å². The molecule has 200 valence electrons. The zero-order valence-corrected chi connectivity index (χ0v) is 23.1. The van der Waals surface area contributed by atoms with Crippen LogP contribution in [0.15, 0.2) is 78.9 Å². The van der Waals surface area contributed by atoms with Gasteiger partial charge in [0.05, 0.1) is 29.2 Å². The first-order valence-electron chi connectivity index (χ1n) is 12.1. The van der Waals surface area contributed by atoms with Crippen LogP contribution in [0.4, 0.5) is 0 Å². The van der Waals surface area contributed by atoms with E-state index in [1.54, 1.807) is 13.8 Å². The van der Waals surface area contributed by atoms with Crippen LogP contribution < -0.4 is 0 Å². The minimum atomic E-state index is -3.67. The summed E-state index contributed by atoms with van der Waals surface area (Å²) < 4.78 is 25.9. The Labute approximate surface area is 229 Å². The van der Waals surface area contributed by atoms with Gasteiger partial charge in [-0.15, -0.1) is 0 Å². The predicted octanol–water partition coefficient (Wildman–Crippen LogP) is 6.46. The van der Waals surface area contributed by atoms with Crippen molar-refractivity contribution in [1.29, 1.82) is 0 Å². The van der Waals surface area contributed by atoms with E-state index in [4.69, 9.17) is 16.2 Å². The number of aliphatic hydroxyl groups excluding tert-OH is 1. The van der Waals surface area contributed by atoms with E-state index >= 15 is 0 Å². The number of rotatable bonds is 7. The van der Waals surface area contributed by atoms with Crippen molar-refractivity contribution in [3.63, 3.8) is 0 Å². The molecular formula is C30H32ClNO5S. The van der Waals surface area contributed by atoms with Crippen LogP contribution >= 0.6 is 11.6 Å². The molecular weight excluding hydrogens is 522 g/mol. The van der Waals surface area contributed by atoms with Crippen LogP contribution in [0.3, 0.4) is 0 Å². The van der Waals surface area contributed by atoms with Gasteiger partial charge in [0.1, 0.15) is 0 Å². The highest BCUT2D eigenvalue weighted by Gasteiger charge is 2.20. The van der Waals surface area contributed by atoms with Gasteiger partial charge >= 0.3 is 0 Å². The number of aliphatic hydroxyl groups is 2. The summed E-state index contributed by atoms with van der Waals surface area (Å²) in [4.78, 5) is 4.66. The number of fused-ring (bicyclic) bond motifs is 1. The number of hydrogen-bond donors (Lipinski definition) is 3. The summed E-state index contributed by atoms with van der Waals surface area (Å²) in [6.07, 6.45) is 5.35. The number of aromatic nitrogens is 1. The first-order chi connectivity index (χ1) is 17.8. The lowest BCUT2D eigenvalue weighted by atomic mass is 9.90. The minimum absolute atomic E-state index is 0.577. The maximum Gasteiger partial charge on any atom is 0.261 e. The van der Waals surface area contributed by atoms with Crippen molar-refractivity contribution < 1.29 is 23.2 Å². The Kier molecular flexibility index (Phi) is 9.82. The number of benzene rings is 3. The molecule has 3 N–H and O–H groups in total. The molecule has 0 aliphatic heterocycles. The Morgan fingerprint density at radius 1 is 0.974 bits per heavy atom. The average molecular weight is 554 g/mol. The van der Waals surface area contributed by atoms with Gasteiger partial charge in [0.25, 0.3) is 10.1 Å². The highest BCUT2D eigenvalue weighted by atomic mass is 35.5. The maximum absolute atomic E-state index is 10.8. The van der Waals surface area contributed by atoms with Crippen molar-refractivity contribution in [1.82, 2.24) is 4.98 Å². The molecule has 4 aromatic rings. The van der Waals surface area contributed by atoms with E-state index in [1.165, 1.54) is 0 Å². The van der Waals surface area contributed by atoms with E-state index in [9.17, 15) is 18.6 Å². The molecule has 0 saturated carbocycles. The van der Waals surface area contributed by atoms with Crippen LogP contribution in [0.5, 0.6) is 0 Å². The number of pyridine rings is 1. The summed E-state index contributed by atoms with van der Waals surface area (Å²) in [6, 6.07) is 25.5. The highest BCUT2D eigenvalue weighted by molar-refractivity contribution is 7.85. The SMILES string of the molecule is CC(C)(O)c1ccccc1CCC(O)c1cccc(C=Cc2ccc3ccc(Cl)cc3n2)c1.CS(=O)(=O)O. The van der Waals surface area contributed by atoms with Gasteiger partial charge in [-0.2, -0.15) is 8.42 Å². The van der Waals surface area contributed by atoms with E-state index < -0.39 is 21.8 Å². The normalized spacial score (nSPS) is 12.8. The third-order valence-electron chi connectivity index (χ3n) is 5.78. The molecule has 0 aliphatic rings. The second-order valence-electron chi connectivity index (χ2n) is 9.58. The zero-order valence-electron chi connectivity index (χ0n) is 21.5. The predicted molar refractivity (Wildman–Crippen MR) is 155 cm³/mol. The Hall–Kier alpha value is -3.07. The fraction of sp³-hybridized carbons (Fsp3) is 0.233. The van der Waals surface area contributed by atoms with Crippen molar-refractivity contribution in [2.75, 3.05) is 6.26 Å². The molecule has 0 fully saturated rings. The summed E-state index contributed by atoms with van der Waals surface area (Å²) in [5.41, 5.74) is 4.63. The first kappa shape index (κ1) is 29.5. The number of halogens is 1. The smallest absolute Gasteiger partial charge is 0.261 e. The maximum atomic E-state index is 10.8. The Morgan fingerprint density at radius 3 is 2.37 bits per heavy atom. The third kappa shape index (κ3) is 9.35. The van der Waals surface area contributed by atoms with Gasteiger partial charge in [0.15, 0.2) is 0 Å². The van der Waals surface area contributed by atoms with Crippen LogP contribution in [-0.4, -0.2) is 34.4 Å². The molecule has 0 spiro atoms.